The Hall–Kier alpha value is -2.09. The maximum atomic E-state index is 4.04. The monoisotopic (exact) mass is 250 g/mol. The fourth-order valence-corrected chi connectivity index (χ4v) is 2.63. The van der Waals surface area contributed by atoms with Crippen molar-refractivity contribution < 1.29 is 0 Å². The fourth-order valence-electron chi connectivity index (χ4n) is 2.63. The number of para-hydroxylation sites is 1. The highest BCUT2D eigenvalue weighted by atomic mass is 15.2. The number of anilines is 1. The minimum atomic E-state index is 0.510. The maximum absolute atomic E-state index is 4.04. The number of aromatic nitrogens is 1. The molecule has 96 valence electrons. The Kier molecular flexibility index (Phi) is 3.59. The first kappa shape index (κ1) is 12.0. The molecule has 1 aromatic carbocycles. The lowest BCUT2D eigenvalue weighted by Crippen LogP contribution is -2.27. The van der Waals surface area contributed by atoms with Crippen LogP contribution in [0.15, 0.2) is 60.9 Å². The van der Waals surface area contributed by atoms with Gasteiger partial charge in [-0.15, -0.1) is 0 Å². The molecule has 2 heterocycles. The summed E-state index contributed by atoms with van der Waals surface area (Å²) in [5, 5.41) is 0. The third-order valence-corrected chi connectivity index (χ3v) is 3.60. The summed E-state index contributed by atoms with van der Waals surface area (Å²) in [6, 6.07) is 15.3. The third kappa shape index (κ3) is 2.84. The first-order chi connectivity index (χ1) is 9.43. The molecule has 0 radical (unpaired) electrons. The number of pyridine rings is 1. The van der Waals surface area contributed by atoms with Crippen LogP contribution >= 0.6 is 0 Å². The molecule has 1 unspecified atom stereocenters. The maximum Gasteiger partial charge on any atom is 0.0476 e. The summed E-state index contributed by atoms with van der Waals surface area (Å²) in [4.78, 5) is 6.53. The van der Waals surface area contributed by atoms with E-state index in [9.17, 15) is 0 Å². The Morgan fingerprint density at radius 2 is 1.84 bits per heavy atom. The SMILES string of the molecule is C(=C/C1CCCN1c1ccccc1)/c1ccncc1. The Balaban J connectivity index is 1.75. The van der Waals surface area contributed by atoms with E-state index in [1.54, 1.807) is 0 Å². The molecule has 2 heteroatoms. The van der Waals surface area contributed by atoms with Crippen LogP contribution in [0.4, 0.5) is 5.69 Å². The van der Waals surface area contributed by atoms with Gasteiger partial charge in [0.15, 0.2) is 0 Å². The number of rotatable bonds is 3. The van der Waals surface area contributed by atoms with Crippen LogP contribution in [-0.4, -0.2) is 17.6 Å². The van der Waals surface area contributed by atoms with Crippen LogP contribution in [0.1, 0.15) is 18.4 Å². The summed E-state index contributed by atoms with van der Waals surface area (Å²) in [6.07, 6.45) is 10.7. The lowest BCUT2D eigenvalue weighted by atomic mass is 10.1. The topological polar surface area (TPSA) is 16.1 Å². The van der Waals surface area contributed by atoms with Gasteiger partial charge in [-0.3, -0.25) is 4.98 Å². The van der Waals surface area contributed by atoms with Crippen LogP contribution in [0.25, 0.3) is 6.08 Å². The molecule has 1 aliphatic rings. The summed E-state index contributed by atoms with van der Waals surface area (Å²) < 4.78 is 0. The smallest absolute Gasteiger partial charge is 0.0476 e. The molecular weight excluding hydrogens is 232 g/mol. The van der Waals surface area contributed by atoms with E-state index < -0.39 is 0 Å². The minimum absolute atomic E-state index is 0.510. The molecule has 0 aliphatic carbocycles. The lowest BCUT2D eigenvalue weighted by molar-refractivity contribution is 0.808. The van der Waals surface area contributed by atoms with Gasteiger partial charge < -0.3 is 4.90 Å². The van der Waals surface area contributed by atoms with Gasteiger partial charge in [0.25, 0.3) is 0 Å². The highest BCUT2D eigenvalue weighted by Gasteiger charge is 2.21. The minimum Gasteiger partial charge on any atom is -0.365 e. The van der Waals surface area contributed by atoms with Crippen molar-refractivity contribution in [3.8, 4) is 0 Å². The molecule has 1 saturated heterocycles. The summed E-state index contributed by atoms with van der Waals surface area (Å²) in [6.45, 7) is 1.15. The zero-order chi connectivity index (χ0) is 12.9. The van der Waals surface area contributed by atoms with Gasteiger partial charge in [-0.05, 0) is 42.7 Å². The van der Waals surface area contributed by atoms with Crippen molar-refractivity contribution >= 4 is 11.8 Å². The number of hydrogen-bond donors (Lipinski definition) is 0. The third-order valence-electron chi connectivity index (χ3n) is 3.60. The van der Waals surface area contributed by atoms with E-state index in [2.05, 4.69) is 52.4 Å². The second kappa shape index (κ2) is 5.70. The molecule has 2 nitrogen and oxygen atoms in total. The predicted molar refractivity (Wildman–Crippen MR) is 80.1 cm³/mol. The fraction of sp³-hybridized carbons (Fsp3) is 0.235. The van der Waals surface area contributed by atoms with Crippen molar-refractivity contribution in [3.05, 3.63) is 66.5 Å². The van der Waals surface area contributed by atoms with E-state index in [1.807, 2.05) is 24.5 Å². The molecule has 0 bridgehead atoms. The summed E-state index contributed by atoms with van der Waals surface area (Å²) in [5.41, 5.74) is 2.54. The van der Waals surface area contributed by atoms with E-state index >= 15 is 0 Å². The van der Waals surface area contributed by atoms with E-state index in [0.29, 0.717) is 6.04 Å². The second-order valence-corrected chi connectivity index (χ2v) is 4.88. The Bertz CT molecular complexity index is 534. The van der Waals surface area contributed by atoms with Crippen molar-refractivity contribution in [2.24, 2.45) is 0 Å². The van der Waals surface area contributed by atoms with Crippen LogP contribution in [-0.2, 0) is 0 Å². The largest absolute Gasteiger partial charge is 0.365 e. The molecule has 2 aromatic rings. The molecule has 0 spiro atoms. The van der Waals surface area contributed by atoms with Crippen LogP contribution in [0.2, 0.25) is 0 Å². The molecule has 3 rings (SSSR count). The number of hydrogen-bond acceptors (Lipinski definition) is 2. The van der Waals surface area contributed by atoms with Gasteiger partial charge in [0.1, 0.15) is 0 Å². The zero-order valence-electron chi connectivity index (χ0n) is 10.9. The Labute approximate surface area is 114 Å². The van der Waals surface area contributed by atoms with Crippen molar-refractivity contribution in [2.45, 2.75) is 18.9 Å². The van der Waals surface area contributed by atoms with Gasteiger partial charge in [0, 0.05) is 30.7 Å². The molecule has 1 aliphatic heterocycles. The molecule has 0 amide bonds. The lowest BCUT2D eigenvalue weighted by Gasteiger charge is -2.24. The van der Waals surface area contributed by atoms with Crippen LogP contribution in [0.5, 0.6) is 0 Å². The van der Waals surface area contributed by atoms with Gasteiger partial charge in [-0.1, -0.05) is 30.4 Å². The Morgan fingerprint density at radius 3 is 2.63 bits per heavy atom. The van der Waals surface area contributed by atoms with Gasteiger partial charge in [-0.25, -0.2) is 0 Å². The van der Waals surface area contributed by atoms with Gasteiger partial charge in [-0.2, -0.15) is 0 Å². The van der Waals surface area contributed by atoms with E-state index in [-0.39, 0.29) is 0 Å². The number of nitrogens with zero attached hydrogens (tertiary/aromatic N) is 2. The summed E-state index contributed by atoms with van der Waals surface area (Å²) >= 11 is 0. The first-order valence-electron chi connectivity index (χ1n) is 6.83. The summed E-state index contributed by atoms with van der Waals surface area (Å²) in [5.74, 6) is 0. The molecule has 19 heavy (non-hydrogen) atoms. The van der Waals surface area contributed by atoms with E-state index in [0.717, 1.165) is 6.54 Å². The van der Waals surface area contributed by atoms with Crippen LogP contribution < -0.4 is 4.90 Å². The summed E-state index contributed by atoms with van der Waals surface area (Å²) in [7, 11) is 0. The quantitative estimate of drug-likeness (QED) is 0.824. The Morgan fingerprint density at radius 1 is 1.05 bits per heavy atom. The standard InChI is InChI=1S/C17H18N2/c1-2-5-16(6-3-1)19-14-4-7-17(19)9-8-15-10-12-18-13-11-15/h1-3,5-6,8-13,17H,4,7,14H2/b9-8-. The molecule has 1 aromatic heterocycles. The average Bonchev–Trinajstić information content (AvgIpc) is 2.95. The predicted octanol–water partition coefficient (Wildman–Crippen LogP) is 3.76. The van der Waals surface area contributed by atoms with Crippen LogP contribution in [0.3, 0.4) is 0 Å². The van der Waals surface area contributed by atoms with Crippen molar-refractivity contribution in [2.75, 3.05) is 11.4 Å². The highest BCUT2D eigenvalue weighted by Crippen LogP contribution is 2.26. The molecule has 1 atom stereocenters. The molecule has 1 fully saturated rings. The van der Waals surface area contributed by atoms with Crippen molar-refractivity contribution in [1.29, 1.82) is 0 Å². The average molecular weight is 250 g/mol. The second-order valence-electron chi connectivity index (χ2n) is 4.88. The molecular formula is C17H18N2. The van der Waals surface area contributed by atoms with E-state index in [1.165, 1.54) is 24.1 Å². The zero-order valence-corrected chi connectivity index (χ0v) is 10.9. The van der Waals surface area contributed by atoms with E-state index in [4.69, 9.17) is 0 Å². The normalized spacial score (nSPS) is 19.2. The molecule has 0 N–H and O–H groups in total. The highest BCUT2D eigenvalue weighted by molar-refractivity contribution is 5.54. The van der Waals surface area contributed by atoms with Gasteiger partial charge in [0.05, 0.1) is 0 Å². The molecule has 0 saturated carbocycles. The first-order valence-corrected chi connectivity index (χ1v) is 6.83. The van der Waals surface area contributed by atoms with Gasteiger partial charge >= 0.3 is 0 Å². The van der Waals surface area contributed by atoms with Gasteiger partial charge in [0.2, 0.25) is 0 Å². The van der Waals surface area contributed by atoms with Crippen LogP contribution in [0, 0.1) is 0 Å². The van der Waals surface area contributed by atoms with Crippen molar-refractivity contribution in [1.82, 2.24) is 4.98 Å². The number of benzene rings is 1. The van der Waals surface area contributed by atoms with Crippen molar-refractivity contribution in [3.63, 3.8) is 0 Å².